The monoisotopic (exact) mass is 412 g/mol. The van der Waals surface area contributed by atoms with Crippen LogP contribution in [0, 0.1) is 5.92 Å². The van der Waals surface area contributed by atoms with Crippen LogP contribution in [0.3, 0.4) is 0 Å². The number of rotatable bonds is 7. The quantitative estimate of drug-likeness (QED) is 0.745. The van der Waals surface area contributed by atoms with Gasteiger partial charge in [0.25, 0.3) is 0 Å². The molecule has 0 spiro atoms. The highest BCUT2D eigenvalue weighted by Gasteiger charge is 2.38. The third-order valence-corrected chi connectivity index (χ3v) is 6.95. The van der Waals surface area contributed by atoms with Crippen LogP contribution < -0.4 is 5.32 Å². The van der Waals surface area contributed by atoms with Crippen molar-refractivity contribution < 1.29 is 9.59 Å². The molecule has 1 aromatic rings. The molecule has 3 heterocycles. The number of nitrogens with zero attached hydrogens (tertiary/aromatic N) is 3. The first-order valence-electron chi connectivity index (χ1n) is 11.7. The standard InChI is InChI=1S/C24H36N4O2/c29-23-17-21(24(30)25-11-16-26-12-5-2-6-13-26)19-28(23)22-9-14-27(15-10-22)18-20-7-3-1-4-8-20/h1,3-4,7-8,21-22H,2,5-6,9-19H2,(H,25,30). The van der Waals surface area contributed by atoms with Crippen molar-refractivity contribution in [2.45, 2.75) is 51.1 Å². The van der Waals surface area contributed by atoms with Crippen molar-refractivity contribution >= 4 is 11.8 Å². The molecule has 1 aromatic carbocycles. The highest BCUT2D eigenvalue weighted by molar-refractivity contribution is 5.89. The zero-order chi connectivity index (χ0) is 20.8. The second kappa shape index (κ2) is 10.4. The Kier molecular flexibility index (Phi) is 7.39. The topological polar surface area (TPSA) is 55.9 Å². The molecule has 6 heteroatoms. The molecular weight excluding hydrogens is 376 g/mol. The molecule has 3 aliphatic heterocycles. The van der Waals surface area contributed by atoms with Crippen LogP contribution in [0.25, 0.3) is 0 Å². The van der Waals surface area contributed by atoms with Crippen LogP contribution in [-0.2, 0) is 16.1 Å². The Morgan fingerprint density at radius 3 is 2.43 bits per heavy atom. The number of hydrogen-bond donors (Lipinski definition) is 1. The van der Waals surface area contributed by atoms with Gasteiger partial charge in [-0.15, -0.1) is 0 Å². The van der Waals surface area contributed by atoms with Crippen molar-refractivity contribution in [3.63, 3.8) is 0 Å². The summed E-state index contributed by atoms with van der Waals surface area (Å²) in [6, 6.07) is 10.9. The van der Waals surface area contributed by atoms with E-state index in [1.54, 1.807) is 0 Å². The van der Waals surface area contributed by atoms with Crippen molar-refractivity contribution in [1.29, 1.82) is 0 Å². The summed E-state index contributed by atoms with van der Waals surface area (Å²) in [5.41, 5.74) is 1.34. The van der Waals surface area contributed by atoms with Crippen LogP contribution in [0.5, 0.6) is 0 Å². The molecule has 0 aromatic heterocycles. The number of amides is 2. The molecular formula is C24H36N4O2. The second-order valence-corrected chi connectivity index (χ2v) is 9.13. The molecule has 30 heavy (non-hydrogen) atoms. The van der Waals surface area contributed by atoms with Crippen LogP contribution in [0.15, 0.2) is 30.3 Å². The minimum absolute atomic E-state index is 0.0596. The summed E-state index contributed by atoms with van der Waals surface area (Å²) in [6.45, 7) is 7.51. The lowest BCUT2D eigenvalue weighted by molar-refractivity contribution is -0.131. The molecule has 1 unspecified atom stereocenters. The van der Waals surface area contributed by atoms with E-state index in [0.29, 0.717) is 19.5 Å². The first-order valence-corrected chi connectivity index (χ1v) is 11.7. The maximum Gasteiger partial charge on any atom is 0.225 e. The van der Waals surface area contributed by atoms with Gasteiger partial charge in [0, 0.05) is 51.7 Å². The van der Waals surface area contributed by atoms with E-state index in [4.69, 9.17) is 0 Å². The minimum Gasteiger partial charge on any atom is -0.355 e. The van der Waals surface area contributed by atoms with E-state index < -0.39 is 0 Å². The predicted molar refractivity (Wildman–Crippen MR) is 118 cm³/mol. The number of carbonyl (C=O) groups excluding carboxylic acids is 2. The van der Waals surface area contributed by atoms with Gasteiger partial charge in [-0.1, -0.05) is 36.8 Å². The van der Waals surface area contributed by atoms with E-state index in [1.165, 1.54) is 24.8 Å². The molecule has 6 nitrogen and oxygen atoms in total. The van der Waals surface area contributed by atoms with E-state index in [9.17, 15) is 9.59 Å². The lowest BCUT2D eigenvalue weighted by Gasteiger charge is -2.36. The van der Waals surface area contributed by atoms with Gasteiger partial charge >= 0.3 is 0 Å². The molecule has 1 atom stereocenters. The van der Waals surface area contributed by atoms with Gasteiger partial charge in [0.2, 0.25) is 11.8 Å². The van der Waals surface area contributed by atoms with Gasteiger partial charge in [0.15, 0.2) is 0 Å². The van der Waals surface area contributed by atoms with Crippen LogP contribution in [0.4, 0.5) is 0 Å². The average molecular weight is 413 g/mol. The Hall–Kier alpha value is -1.92. The maximum atomic E-state index is 12.6. The van der Waals surface area contributed by atoms with Crippen LogP contribution in [0.2, 0.25) is 0 Å². The number of carbonyl (C=O) groups is 2. The highest BCUT2D eigenvalue weighted by atomic mass is 16.2. The molecule has 3 saturated heterocycles. The number of hydrogen-bond acceptors (Lipinski definition) is 4. The van der Waals surface area contributed by atoms with Crippen LogP contribution in [0.1, 0.15) is 44.1 Å². The van der Waals surface area contributed by atoms with Gasteiger partial charge in [-0.05, 0) is 44.3 Å². The lowest BCUT2D eigenvalue weighted by Crippen LogP contribution is -2.46. The van der Waals surface area contributed by atoms with Crippen LogP contribution >= 0.6 is 0 Å². The average Bonchev–Trinajstić information content (AvgIpc) is 3.17. The Bertz CT molecular complexity index is 696. The summed E-state index contributed by atoms with van der Waals surface area (Å²) in [5, 5.41) is 3.08. The van der Waals surface area contributed by atoms with E-state index in [-0.39, 0.29) is 23.8 Å². The number of benzene rings is 1. The first-order chi connectivity index (χ1) is 14.7. The summed E-state index contributed by atoms with van der Waals surface area (Å²) in [4.78, 5) is 32.1. The molecule has 3 fully saturated rings. The van der Waals surface area contributed by atoms with E-state index in [2.05, 4.69) is 45.4 Å². The maximum absolute atomic E-state index is 12.6. The summed E-state index contributed by atoms with van der Waals surface area (Å²) >= 11 is 0. The van der Waals surface area contributed by atoms with Crippen molar-refractivity contribution in [1.82, 2.24) is 20.0 Å². The molecule has 3 aliphatic rings. The molecule has 0 aliphatic carbocycles. The fourth-order valence-corrected chi connectivity index (χ4v) is 5.16. The van der Waals surface area contributed by atoms with Gasteiger partial charge in [-0.25, -0.2) is 0 Å². The Morgan fingerprint density at radius 1 is 0.967 bits per heavy atom. The lowest BCUT2D eigenvalue weighted by atomic mass is 10.0. The molecule has 0 radical (unpaired) electrons. The zero-order valence-corrected chi connectivity index (χ0v) is 18.1. The molecule has 1 N–H and O–H groups in total. The van der Waals surface area contributed by atoms with Crippen molar-refractivity contribution in [3.8, 4) is 0 Å². The van der Waals surface area contributed by atoms with Gasteiger partial charge < -0.3 is 15.1 Å². The number of nitrogens with one attached hydrogen (secondary N) is 1. The molecule has 0 bridgehead atoms. The molecule has 4 rings (SSSR count). The van der Waals surface area contributed by atoms with Crippen molar-refractivity contribution in [2.24, 2.45) is 5.92 Å². The minimum atomic E-state index is -0.179. The number of piperidine rings is 2. The highest BCUT2D eigenvalue weighted by Crippen LogP contribution is 2.26. The predicted octanol–water partition coefficient (Wildman–Crippen LogP) is 2.10. The van der Waals surface area contributed by atoms with Gasteiger partial charge in [0.05, 0.1) is 5.92 Å². The Balaban J connectivity index is 1.18. The second-order valence-electron chi connectivity index (χ2n) is 9.13. The summed E-state index contributed by atoms with van der Waals surface area (Å²) in [7, 11) is 0. The largest absolute Gasteiger partial charge is 0.355 e. The first kappa shape index (κ1) is 21.3. The Labute approximate surface area is 180 Å². The Morgan fingerprint density at radius 2 is 1.70 bits per heavy atom. The van der Waals surface area contributed by atoms with Crippen LogP contribution in [-0.4, -0.2) is 78.4 Å². The van der Waals surface area contributed by atoms with E-state index >= 15 is 0 Å². The fraction of sp³-hybridized carbons (Fsp3) is 0.667. The molecule has 2 amide bonds. The smallest absolute Gasteiger partial charge is 0.225 e. The SMILES string of the molecule is O=C(NCCN1CCCCC1)C1CC(=O)N(C2CCN(Cc3ccccc3)CC2)C1. The third kappa shape index (κ3) is 5.61. The van der Waals surface area contributed by atoms with Gasteiger partial charge in [-0.3, -0.25) is 14.5 Å². The van der Waals surface area contributed by atoms with Gasteiger partial charge in [0.1, 0.15) is 0 Å². The normalized spacial score (nSPS) is 24.3. The molecule has 0 saturated carbocycles. The summed E-state index contributed by atoms with van der Waals surface area (Å²) < 4.78 is 0. The van der Waals surface area contributed by atoms with Crippen molar-refractivity contribution in [2.75, 3.05) is 45.8 Å². The zero-order valence-electron chi connectivity index (χ0n) is 18.1. The van der Waals surface area contributed by atoms with E-state index in [1.807, 2.05) is 4.90 Å². The number of likely N-dealkylation sites (tertiary alicyclic amines) is 3. The fourth-order valence-electron chi connectivity index (χ4n) is 5.16. The van der Waals surface area contributed by atoms with Gasteiger partial charge in [-0.2, -0.15) is 0 Å². The molecule has 164 valence electrons. The summed E-state index contributed by atoms with van der Waals surface area (Å²) in [5.74, 6) is 0.0401. The third-order valence-electron chi connectivity index (χ3n) is 6.95. The summed E-state index contributed by atoms with van der Waals surface area (Å²) in [6.07, 6.45) is 6.24. The van der Waals surface area contributed by atoms with Crippen molar-refractivity contribution in [3.05, 3.63) is 35.9 Å². The van der Waals surface area contributed by atoms with E-state index in [0.717, 1.165) is 52.1 Å².